The molecule has 0 aromatic rings. The minimum absolute atomic E-state index is 0.0694. The average molecular weight is 251 g/mol. The number of hydrogen-bond donors (Lipinski definition) is 2. The Labute approximate surface area is 107 Å². The van der Waals surface area contributed by atoms with Crippen molar-refractivity contribution in [3.8, 4) is 0 Å². The summed E-state index contributed by atoms with van der Waals surface area (Å²) in [7, 11) is 0. The SMILES string of the molecule is CC(CCCC(=O)O)NC(=O)C1CC2C=CC1C2. The minimum Gasteiger partial charge on any atom is -0.481 e. The van der Waals surface area contributed by atoms with E-state index >= 15 is 0 Å². The number of carbonyl (C=O) groups excluding carboxylic acids is 1. The first-order valence-electron chi connectivity index (χ1n) is 6.76. The molecule has 1 fully saturated rings. The highest BCUT2D eigenvalue weighted by Gasteiger charge is 2.39. The van der Waals surface area contributed by atoms with Gasteiger partial charge in [-0.1, -0.05) is 12.2 Å². The van der Waals surface area contributed by atoms with Gasteiger partial charge in [0.05, 0.1) is 0 Å². The first-order chi connectivity index (χ1) is 8.56. The fourth-order valence-electron chi connectivity index (χ4n) is 3.06. The zero-order valence-corrected chi connectivity index (χ0v) is 10.8. The maximum Gasteiger partial charge on any atom is 0.303 e. The number of carboxylic acids is 1. The molecule has 18 heavy (non-hydrogen) atoms. The maximum absolute atomic E-state index is 12.1. The van der Waals surface area contributed by atoms with Crippen LogP contribution in [0.4, 0.5) is 0 Å². The molecule has 2 bridgehead atoms. The highest BCUT2D eigenvalue weighted by Crippen LogP contribution is 2.43. The van der Waals surface area contributed by atoms with Gasteiger partial charge in [-0.15, -0.1) is 0 Å². The molecule has 0 aromatic heterocycles. The Balaban J connectivity index is 1.71. The van der Waals surface area contributed by atoms with Crippen LogP contribution in [0.3, 0.4) is 0 Å². The van der Waals surface area contributed by atoms with Crippen molar-refractivity contribution in [2.75, 3.05) is 0 Å². The van der Waals surface area contributed by atoms with E-state index in [1.54, 1.807) is 0 Å². The Hall–Kier alpha value is -1.32. The van der Waals surface area contributed by atoms with Crippen LogP contribution in [-0.2, 0) is 9.59 Å². The van der Waals surface area contributed by atoms with E-state index in [9.17, 15) is 9.59 Å². The number of allylic oxidation sites excluding steroid dienone is 2. The molecule has 2 N–H and O–H groups in total. The summed E-state index contributed by atoms with van der Waals surface area (Å²) in [5.74, 6) is 0.553. The fourth-order valence-corrected chi connectivity index (χ4v) is 3.06. The van der Waals surface area contributed by atoms with E-state index in [4.69, 9.17) is 5.11 Å². The lowest BCUT2D eigenvalue weighted by Crippen LogP contribution is -2.38. The second-order valence-electron chi connectivity index (χ2n) is 5.58. The van der Waals surface area contributed by atoms with Gasteiger partial charge < -0.3 is 10.4 Å². The molecule has 4 unspecified atom stereocenters. The van der Waals surface area contributed by atoms with Gasteiger partial charge in [-0.2, -0.15) is 0 Å². The first-order valence-corrected chi connectivity index (χ1v) is 6.76. The molecule has 1 amide bonds. The molecule has 0 radical (unpaired) electrons. The number of rotatable bonds is 6. The molecule has 4 heteroatoms. The van der Waals surface area contributed by atoms with Crippen molar-refractivity contribution in [1.82, 2.24) is 5.32 Å². The molecule has 1 saturated carbocycles. The van der Waals surface area contributed by atoms with E-state index in [0.717, 1.165) is 19.3 Å². The van der Waals surface area contributed by atoms with Gasteiger partial charge in [0.1, 0.15) is 0 Å². The van der Waals surface area contributed by atoms with Crippen molar-refractivity contribution < 1.29 is 14.7 Å². The third-order valence-corrected chi connectivity index (χ3v) is 4.03. The molecule has 2 rings (SSSR count). The summed E-state index contributed by atoms with van der Waals surface area (Å²) in [6, 6.07) is 0.0694. The third kappa shape index (κ3) is 3.12. The van der Waals surface area contributed by atoms with Crippen LogP contribution < -0.4 is 5.32 Å². The number of nitrogens with one attached hydrogen (secondary N) is 1. The normalized spacial score (nSPS) is 30.4. The highest BCUT2D eigenvalue weighted by atomic mass is 16.4. The van der Waals surface area contributed by atoms with Crippen LogP contribution in [0.15, 0.2) is 12.2 Å². The first kappa shape index (κ1) is 13.1. The van der Waals surface area contributed by atoms with Gasteiger partial charge in [0.2, 0.25) is 5.91 Å². The Kier molecular flexibility index (Phi) is 4.04. The lowest BCUT2D eigenvalue weighted by Gasteiger charge is -2.21. The Morgan fingerprint density at radius 2 is 2.17 bits per heavy atom. The van der Waals surface area contributed by atoms with Gasteiger partial charge in [-0.05, 0) is 44.4 Å². The summed E-state index contributed by atoms with van der Waals surface area (Å²) in [6.45, 7) is 1.95. The van der Waals surface area contributed by atoms with E-state index in [2.05, 4.69) is 17.5 Å². The Bertz CT molecular complexity index is 364. The minimum atomic E-state index is -0.772. The van der Waals surface area contributed by atoms with Gasteiger partial charge in [0.25, 0.3) is 0 Å². The number of aliphatic carboxylic acids is 1. The van der Waals surface area contributed by atoms with Crippen LogP contribution >= 0.6 is 0 Å². The molecule has 2 aliphatic carbocycles. The molecule has 0 saturated heterocycles. The van der Waals surface area contributed by atoms with Gasteiger partial charge in [-0.25, -0.2) is 0 Å². The van der Waals surface area contributed by atoms with Crippen molar-refractivity contribution in [1.29, 1.82) is 0 Å². The largest absolute Gasteiger partial charge is 0.481 e. The molecule has 0 spiro atoms. The van der Waals surface area contributed by atoms with Crippen molar-refractivity contribution in [3.63, 3.8) is 0 Å². The number of hydrogen-bond acceptors (Lipinski definition) is 2. The average Bonchev–Trinajstić information content (AvgIpc) is 2.89. The van der Waals surface area contributed by atoms with Crippen molar-refractivity contribution in [2.24, 2.45) is 17.8 Å². The van der Waals surface area contributed by atoms with Crippen LogP contribution in [0.5, 0.6) is 0 Å². The Morgan fingerprint density at radius 1 is 1.39 bits per heavy atom. The van der Waals surface area contributed by atoms with Crippen LogP contribution in [0.25, 0.3) is 0 Å². The molecule has 2 aliphatic rings. The van der Waals surface area contributed by atoms with Crippen molar-refractivity contribution in [2.45, 2.75) is 45.1 Å². The monoisotopic (exact) mass is 251 g/mol. The number of carboxylic acid groups (broad SMARTS) is 1. The predicted octanol–water partition coefficient (Wildman–Crippen LogP) is 1.96. The van der Waals surface area contributed by atoms with Crippen LogP contribution in [-0.4, -0.2) is 23.0 Å². The van der Waals surface area contributed by atoms with Crippen LogP contribution in [0.2, 0.25) is 0 Å². The van der Waals surface area contributed by atoms with Gasteiger partial charge in [0.15, 0.2) is 0 Å². The van der Waals surface area contributed by atoms with E-state index in [1.807, 2.05) is 6.92 Å². The fraction of sp³-hybridized carbons (Fsp3) is 0.714. The molecule has 0 heterocycles. The third-order valence-electron chi connectivity index (χ3n) is 4.03. The van der Waals surface area contributed by atoms with Gasteiger partial charge in [-0.3, -0.25) is 9.59 Å². The molecule has 4 atom stereocenters. The molecule has 0 aromatic carbocycles. The van der Waals surface area contributed by atoms with E-state index < -0.39 is 5.97 Å². The zero-order valence-electron chi connectivity index (χ0n) is 10.8. The summed E-state index contributed by atoms with van der Waals surface area (Å²) in [4.78, 5) is 22.5. The van der Waals surface area contributed by atoms with Crippen molar-refractivity contribution >= 4 is 11.9 Å². The van der Waals surface area contributed by atoms with Crippen LogP contribution in [0, 0.1) is 17.8 Å². The molecular formula is C14H21NO3. The summed E-state index contributed by atoms with van der Waals surface area (Å²) in [5, 5.41) is 11.6. The number of fused-ring (bicyclic) bond motifs is 2. The van der Waals surface area contributed by atoms with Crippen LogP contribution in [0.1, 0.15) is 39.0 Å². The summed E-state index contributed by atoms with van der Waals surface area (Å²) < 4.78 is 0. The molecule has 4 nitrogen and oxygen atoms in total. The smallest absolute Gasteiger partial charge is 0.303 e. The molecular weight excluding hydrogens is 230 g/mol. The molecule has 0 aliphatic heterocycles. The second kappa shape index (κ2) is 5.55. The highest BCUT2D eigenvalue weighted by molar-refractivity contribution is 5.80. The Morgan fingerprint density at radius 3 is 2.72 bits per heavy atom. The molecule has 100 valence electrons. The topological polar surface area (TPSA) is 66.4 Å². The summed E-state index contributed by atoms with van der Waals surface area (Å²) >= 11 is 0. The predicted molar refractivity (Wildman–Crippen MR) is 67.9 cm³/mol. The quantitative estimate of drug-likeness (QED) is 0.709. The van der Waals surface area contributed by atoms with Gasteiger partial charge in [0, 0.05) is 18.4 Å². The lowest BCUT2D eigenvalue weighted by atomic mass is 9.92. The zero-order chi connectivity index (χ0) is 13.1. The van der Waals surface area contributed by atoms with E-state index in [1.165, 1.54) is 0 Å². The lowest BCUT2D eigenvalue weighted by molar-refractivity contribution is -0.137. The number of carbonyl (C=O) groups is 2. The second-order valence-corrected chi connectivity index (χ2v) is 5.58. The van der Waals surface area contributed by atoms with Crippen molar-refractivity contribution in [3.05, 3.63) is 12.2 Å². The number of amides is 1. The maximum atomic E-state index is 12.1. The van der Waals surface area contributed by atoms with E-state index in [0.29, 0.717) is 18.3 Å². The summed E-state index contributed by atoms with van der Waals surface area (Å²) in [6.07, 6.45) is 8.04. The summed E-state index contributed by atoms with van der Waals surface area (Å²) in [5.41, 5.74) is 0. The van der Waals surface area contributed by atoms with E-state index in [-0.39, 0.29) is 24.3 Å². The standard InChI is InChI=1S/C14H21NO3/c1-9(3-2-4-13(16)17)15-14(18)12-8-10-5-6-11(12)7-10/h5-6,9-12H,2-4,7-8H2,1H3,(H,15,18)(H,16,17). The van der Waals surface area contributed by atoms with Gasteiger partial charge >= 0.3 is 5.97 Å².